The molecule has 1 aliphatic rings. The van der Waals surface area contributed by atoms with Crippen molar-refractivity contribution in [2.75, 3.05) is 6.61 Å². The van der Waals surface area contributed by atoms with Crippen molar-refractivity contribution >= 4 is 17.9 Å². The molecule has 2 N–H and O–H groups in total. The van der Waals surface area contributed by atoms with Crippen LogP contribution in [-0.4, -0.2) is 23.9 Å². The molecule has 0 aromatic heterocycles. The molecule has 5 heteroatoms. The molecule has 3 aromatic carbocycles. The topological polar surface area (TPSA) is 58.9 Å². The molecule has 0 spiro atoms. The predicted octanol–water partition coefficient (Wildman–Crippen LogP) is 4.59. The third-order valence-corrected chi connectivity index (χ3v) is 4.96. The minimum atomic E-state index is -1.07. The molecule has 1 aliphatic heterocycles. The Morgan fingerprint density at radius 2 is 1.75 bits per heavy atom. The number of hydrogen-bond acceptors (Lipinski definition) is 4. The number of benzene rings is 3. The first-order chi connectivity index (χ1) is 13.6. The Kier molecular flexibility index (Phi) is 5.19. The number of para-hydroxylation sites is 1. The van der Waals surface area contributed by atoms with Gasteiger partial charge >= 0.3 is 7.12 Å². The minimum absolute atomic E-state index is 0.235. The van der Waals surface area contributed by atoms with Crippen molar-refractivity contribution in [3.63, 3.8) is 0 Å². The van der Waals surface area contributed by atoms with Crippen LogP contribution in [0.4, 0.5) is 0 Å². The largest absolute Gasteiger partial charge is 0.507 e. The number of phenols is 1. The molecule has 0 saturated carbocycles. The molecule has 1 unspecified atom stereocenters. The van der Waals surface area contributed by atoms with Gasteiger partial charge in [0.2, 0.25) is 0 Å². The molecule has 0 fully saturated rings. The number of fused-ring (bicyclic) bond motifs is 1. The van der Waals surface area contributed by atoms with Crippen molar-refractivity contribution in [2.24, 2.45) is 0 Å². The lowest BCUT2D eigenvalue weighted by atomic mass is 9.71. The van der Waals surface area contributed by atoms with E-state index < -0.39 is 7.12 Å². The van der Waals surface area contributed by atoms with Gasteiger partial charge in [-0.15, -0.1) is 0 Å². The van der Waals surface area contributed by atoms with E-state index in [1.54, 1.807) is 6.07 Å². The summed E-state index contributed by atoms with van der Waals surface area (Å²) in [6.45, 7) is 4.32. The Bertz CT molecular complexity index is 1030. The monoisotopic (exact) mass is 372 g/mol. The first-order valence-corrected chi connectivity index (χ1v) is 9.23. The molecular formula is C23H21BO4. The molecular weight excluding hydrogens is 351 g/mol. The van der Waals surface area contributed by atoms with Gasteiger partial charge in [0, 0.05) is 5.39 Å². The van der Waals surface area contributed by atoms with E-state index in [0.717, 1.165) is 22.1 Å². The number of ether oxygens (including phenoxy) is 1. The summed E-state index contributed by atoms with van der Waals surface area (Å²) in [5.41, 5.74) is 2.27. The number of hydrogen-bond donors (Lipinski definition) is 2. The molecule has 4 rings (SSSR count). The maximum absolute atomic E-state index is 10.5. The predicted molar refractivity (Wildman–Crippen MR) is 111 cm³/mol. The summed E-state index contributed by atoms with van der Waals surface area (Å²) in [5.74, 6) is 0.988. The molecule has 0 amide bonds. The van der Waals surface area contributed by atoms with Crippen LogP contribution >= 0.6 is 0 Å². The molecule has 140 valence electrons. The van der Waals surface area contributed by atoms with E-state index >= 15 is 0 Å². The minimum Gasteiger partial charge on any atom is -0.507 e. The standard InChI is InChI=1S/C23H21BO4/c1-16(15-27-17-7-3-2-4-8-17)21-12-14-23(28-24(21)26)20-11-13-22(25)19-10-6-5-9-18(19)20/h2-13,23,25-26H,1,14-15H2. The fraction of sp³-hybridized carbons (Fsp3) is 0.130. The highest BCUT2D eigenvalue weighted by molar-refractivity contribution is 6.54. The van der Waals surface area contributed by atoms with Crippen LogP contribution in [0.5, 0.6) is 11.5 Å². The normalized spacial score (nSPS) is 16.7. The van der Waals surface area contributed by atoms with Gasteiger partial charge in [-0.3, -0.25) is 0 Å². The summed E-state index contributed by atoms with van der Waals surface area (Å²) >= 11 is 0. The van der Waals surface area contributed by atoms with Crippen molar-refractivity contribution in [1.29, 1.82) is 0 Å². The molecule has 28 heavy (non-hydrogen) atoms. The fourth-order valence-corrected chi connectivity index (χ4v) is 3.50. The van der Waals surface area contributed by atoms with Crippen LogP contribution in [-0.2, 0) is 4.65 Å². The van der Waals surface area contributed by atoms with Crippen LogP contribution in [0, 0.1) is 0 Å². The van der Waals surface area contributed by atoms with Gasteiger partial charge in [-0.05, 0) is 46.6 Å². The van der Waals surface area contributed by atoms with Crippen LogP contribution in [0.3, 0.4) is 0 Å². The summed E-state index contributed by atoms with van der Waals surface area (Å²) in [6, 6.07) is 20.6. The lowest BCUT2D eigenvalue weighted by molar-refractivity contribution is 0.169. The molecule has 1 atom stereocenters. The maximum Gasteiger partial charge on any atom is 0.491 e. The Labute approximate surface area is 164 Å². The van der Waals surface area contributed by atoms with Gasteiger partial charge in [-0.1, -0.05) is 61.2 Å². The van der Waals surface area contributed by atoms with Gasteiger partial charge < -0.3 is 19.5 Å². The van der Waals surface area contributed by atoms with E-state index in [4.69, 9.17) is 9.39 Å². The summed E-state index contributed by atoms with van der Waals surface area (Å²) in [4.78, 5) is 0. The lowest BCUT2D eigenvalue weighted by Crippen LogP contribution is -2.30. The van der Waals surface area contributed by atoms with E-state index in [1.165, 1.54) is 0 Å². The fourth-order valence-electron chi connectivity index (χ4n) is 3.50. The zero-order chi connectivity index (χ0) is 19.5. The summed E-state index contributed by atoms with van der Waals surface area (Å²) in [7, 11) is -1.07. The first kappa shape index (κ1) is 18.4. The quantitative estimate of drug-likeness (QED) is 0.644. The molecule has 1 heterocycles. The second-order valence-electron chi connectivity index (χ2n) is 6.80. The maximum atomic E-state index is 10.5. The average molecular weight is 372 g/mol. The lowest BCUT2D eigenvalue weighted by Gasteiger charge is -2.27. The van der Waals surface area contributed by atoms with Gasteiger partial charge in [0.25, 0.3) is 0 Å². The molecule has 0 aliphatic carbocycles. The van der Waals surface area contributed by atoms with Crippen molar-refractivity contribution in [2.45, 2.75) is 12.5 Å². The third kappa shape index (κ3) is 3.67. The Morgan fingerprint density at radius 3 is 2.50 bits per heavy atom. The van der Waals surface area contributed by atoms with Crippen LogP contribution in [0.1, 0.15) is 18.1 Å². The van der Waals surface area contributed by atoms with Gasteiger partial charge in [-0.2, -0.15) is 0 Å². The van der Waals surface area contributed by atoms with Crippen LogP contribution < -0.4 is 4.74 Å². The number of phenolic OH excluding ortho intramolecular Hbond substituents is 1. The van der Waals surface area contributed by atoms with Gasteiger partial charge in [0.1, 0.15) is 18.1 Å². The van der Waals surface area contributed by atoms with Crippen LogP contribution in [0.25, 0.3) is 10.8 Å². The van der Waals surface area contributed by atoms with Crippen molar-refractivity contribution in [1.82, 2.24) is 0 Å². The molecule has 0 radical (unpaired) electrons. The Morgan fingerprint density at radius 1 is 1.04 bits per heavy atom. The molecule has 0 bridgehead atoms. The van der Waals surface area contributed by atoms with Gasteiger partial charge in [0.15, 0.2) is 0 Å². The van der Waals surface area contributed by atoms with Crippen molar-refractivity contribution < 1.29 is 19.5 Å². The average Bonchev–Trinajstić information content (AvgIpc) is 2.73. The first-order valence-electron chi connectivity index (χ1n) is 9.23. The zero-order valence-corrected chi connectivity index (χ0v) is 15.4. The highest BCUT2D eigenvalue weighted by atomic mass is 16.5. The zero-order valence-electron chi connectivity index (χ0n) is 15.4. The highest BCUT2D eigenvalue weighted by Crippen LogP contribution is 2.37. The van der Waals surface area contributed by atoms with Crippen LogP contribution in [0.15, 0.2) is 90.4 Å². The number of rotatable bonds is 5. The highest BCUT2D eigenvalue weighted by Gasteiger charge is 2.31. The molecule has 0 saturated heterocycles. The summed E-state index contributed by atoms with van der Waals surface area (Å²) in [6.07, 6.45) is 2.26. The molecule has 4 nitrogen and oxygen atoms in total. The number of aromatic hydroxyl groups is 1. The van der Waals surface area contributed by atoms with Crippen LogP contribution in [0.2, 0.25) is 0 Å². The van der Waals surface area contributed by atoms with E-state index in [0.29, 0.717) is 17.5 Å². The summed E-state index contributed by atoms with van der Waals surface area (Å²) < 4.78 is 11.6. The summed E-state index contributed by atoms with van der Waals surface area (Å²) in [5, 5.41) is 22.3. The van der Waals surface area contributed by atoms with E-state index in [2.05, 4.69) is 6.58 Å². The SMILES string of the molecule is C=C(COc1ccccc1)C1=CCC(c2ccc(O)c3ccccc23)OB1O. The third-order valence-electron chi connectivity index (χ3n) is 4.96. The Hall–Kier alpha value is -3.02. The second kappa shape index (κ2) is 7.93. The van der Waals surface area contributed by atoms with E-state index in [1.807, 2.05) is 66.7 Å². The Balaban J connectivity index is 1.51. The van der Waals surface area contributed by atoms with Crippen molar-refractivity contribution in [3.8, 4) is 11.5 Å². The second-order valence-corrected chi connectivity index (χ2v) is 6.80. The van der Waals surface area contributed by atoms with Gasteiger partial charge in [-0.25, -0.2) is 0 Å². The van der Waals surface area contributed by atoms with Gasteiger partial charge in [0.05, 0.1) is 6.10 Å². The smallest absolute Gasteiger partial charge is 0.491 e. The molecule has 3 aromatic rings. The van der Waals surface area contributed by atoms with E-state index in [9.17, 15) is 10.1 Å². The van der Waals surface area contributed by atoms with E-state index in [-0.39, 0.29) is 18.5 Å². The van der Waals surface area contributed by atoms with Crippen molar-refractivity contribution in [3.05, 3.63) is 96.0 Å².